The minimum atomic E-state index is -0.419. The highest BCUT2D eigenvalue weighted by Crippen LogP contribution is 2.30. The summed E-state index contributed by atoms with van der Waals surface area (Å²) in [6.07, 6.45) is 3.42. The summed E-state index contributed by atoms with van der Waals surface area (Å²) in [5.74, 6) is -0.654. The number of nitrogens with zero attached hydrogens (tertiary/aromatic N) is 2. The number of aromatic nitrogens is 2. The number of anilines is 1. The number of esters is 1. The zero-order valence-electron chi connectivity index (χ0n) is 16.5. The second-order valence-corrected chi connectivity index (χ2v) is 7.81. The van der Waals surface area contributed by atoms with Gasteiger partial charge in [-0.2, -0.15) is 0 Å². The molecule has 0 aliphatic rings. The number of hydrogen-bond donors (Lipinski definition) is 1. The fourth-order valence-electron chi connectivity index (χ4n) is 3.70. The molecule has 0 saturated heterocycles. The molecule has 0 radical (unpaired) electrons. The Kier molecular flexibility index (Phi) is 4.72. The SMILES string of the molecule is COC(=O)c1cn(-c2ccsc2C(=O)Nc2cccc3cccnc23)c2ccccc12. The lowest BCUT2D eigenvalue weighted by atomic mass is 10.2. The Labute approximate surface area is 181 Å². The van der Waals surface area contributed by atoms with Gasteiger partial charge in [0.2, 0.25) is 0 Å². The van der Waals surface area contributed by atoms with Crippen LogP contribution in [-0.4, -0.2) is 28.5 Å². The van der Waals surface area contributed by atoms with Crippen LogP contribution in [-0.2, 0) is 4.74 Å². The summed E-state index contributed by atoms with van der Waals surface area (Å²) in [6, 6.07) is 18.9. The van der Waals surface area contributed by atoms with Gasteiger partial charge >= 0.3 is 5.97 Å². The lowest BCUT2D eigenvalue weighted by molar-refractivity contribution is 0.0602. The van der Waals surface area contributed by atoms with E-state index in [1.807, 2.05) is 70.6 Å². The average Bonchev–Trinajstić information content (AvgIpc) is 3.44. The summed E-state index contributed by atoms with van der Waals surface area (Å²) in [6.45, 7) is 0. The Morgan fingerprint density at radius 3 is 2.74 bits per heavy atom. The van der Waals surface area contributed by atoms with Crippen LogP contribution in [0, 0.1) is 0 Å². The Morgan fingerprint density at radius 1 is 1.03 bits per heavy atom. The topological polar surface area (TPSA) is 73.2 Å². The third-order valence-electron chi connectivity index (χ3n) is 5.11. The summed E-state index contributed by atoms with van der Waals surface area (Å²) in [7, 11) is 1.36. The standard InChI is InChI=1S/C24H17N3O3S/c1-30-24(29)17-14-27(19-10-3-2-8-16(17)19)20-11-13-31-22(20)23(28)26-18-9-4-6-15-7-5-12-25-21(15)18/h2-14H,1H3,(H,26,28). The number of rotatable bonds is 4. The number of fused-ring (bicyclic) bond motifs is 2. The molecule has 152 valence electrons. The number of benzene rings is 2. The van der Waals surface area contributed by atoms with Gasteiger partial charge in [-0.1, -0.05) is 36.4 Å². The molecular formula is C24H17N3O3S. The zero-order chi connectivity index (χ0) is 21.4. The zero-order valence-corrected chi connectivity index (χ0v) is 17.3. The lowest BCUT2D eigenvalue weighted by Gasteiger charge is -2.10. The van der Waals surface area contributed by atoms with E-state index in [2.05, 4.69) is 10.3 Å². The first-order valence-electron chi connectivity index (χ1n) is 9.59. The third kappa shape index (κ3) is 3.25. The van der Waals surface area contributed by atoms with Crippen molar-refractivity contribution in [2.75, 3.05) is 12.4 Å². The monoisotopic (exact) mass is 427 g/mol. The number of carbonyl (C=O) groups is 2. The van der Waals surface area contributed by atoms with Crippen LogP contribution in [0.5, 0.6) is 0 Å². The van der Waals surface area contributed by atoms with Crippen LogP contribution in [0.2, 0.25) is 0 Å². The number of para-hydroxylation sites is 2. The van der Waals surface area contributed by atoms with E-state index in [9.17, 15) is 9.59 Å². The van der Waals surface area contributed by atoms with Crippen molar-refractivity contribution in [1.82, 2.24) is 9.55 Å². The van der Waals surface area contributed by atoms with Gasteiger partial charge < -0.3 is 14.6 Å². The number of hydrogen-bond acceptors (Lipinski definition) is 5. The van der Waals surface area contributed by atoms with Gasteiger partial charge in [0, 0.05) is 23.2 Å². The molecule has 0 aliphatic heterocycles. The molecule has 2 aromatic carbocycles. The molecule has 31 heavy (non-hydrogen) atoms. The van der Waals surface area contributed by atoms with Crippen LogP contribution < -0.4 is 5.32 Å². The molecule has 7 heteroatoms. The molecule has 6 nitrogen and oxygen atoms in total. The van der Waals surface area contributed by atoms with Gasteiger partial charge in [-0.25, -0.2) is 4.79 Å². The molecular weight excluding hydrogens is 410 g/mol. The van der Waals surface area contributed by atoms with E-state index in [0.29, 0.717) is 21.8 Å². The quantitative estimate of drug-likeness (QED) is 0.396. The molecule has 3 heterocycles. The Balaban J connectivity index is 1.58. The third-order valence-corrected chi connectivity index (χ3v) is 6.01. The predicted molar refractivity (Wildman–Crippen MR) is 122 cm³/mol. The molecule has 0 fully saturated rings. The summed E-state index contributed by atoms with van der Waals surface area (Å²) >= 11 is 1.34. The molecule has 0 unspecified atom stereocenters. The van der Waals surface area contributed by atoms with Crippen molar-refractivity contribution in [2.24, 2.45) is 0 Å². The van der Waals surface area contributed by atoms with Crippen LogP contribution in [0.3, 0.4) is 0 Å². The van der Waals surface area contributed by atoms with Gasteiger partial charge in [-0.15, -0.1) is 11.3 Å². The van der Waals surface area contributed by atoms with Crippen molar-refractivity contribution in [2.45, 2.75) is 0 Å². The molecule has 0 bridgehead atoms. The first-order chi connectivity index (χ1) is 15.2. The van der Waals surface area contributed by atoms with Gasteiger partial charge in [-0.3, -0.25) is 9.78 Å². The van der Waals surface area contributed by atoms with Gasteiger partial charge in [0.25, 0.3) is 5.91 Å². The largest absolute Gasteiger partial charge is 0.465 e. The van der Waals surface area contributed by atoms with Crippen LogP contribution in [0.1, 0.15) is 20.0 Å². The van der Waals surface area contributed by atoms with E-state index in [1.165, 1.54) is 18.4 Å². The van der Waals surface area contributed by atoms with Crippen LogP contribution in [0.25, 0.3) is 27.5 Å². The molecule has 0 aliphatic carbocycles. The maximum atomic E-state index is 13.2. The van der Waals surface area contributed by atoms with Crippen LogP contribution >= 0.6 is 11.3 Å². The number of thiophene rings is 1. The van der Waals surface area contributed by atoms with Gasteiger partial charge in [0.15, 0.2) is 0 Å². The number of ether oxygens (including phenoxy) is 1. The summed E-state index contributed by atoms with van der Waals surface area (Å²) in [4.78, 5) is 30.4. The second kappa shape index (κ2) is 7.70. The van der Waals surface area contributed by atoms with E-state index in [1.54, 1.807) is 12.4 Å². The second-order valence-electron chi connectivity index (χ2n) is 6.89. The van der Waals surface area contributed by atoms with Gasteiger partial charge in [0.05, 0.1) is 35.1 Å². The van der Waals surface area contributed by atoms with Crippen LogP contribution in [0.4, 0.5) is 5.69 Å². The highest BCUT2D eigenvalue weighted by molar-refractivity contribution is 7.12. The smallest absolute Gasteiger partial charge is 0.340 e. The highest BCUT2D eigenvalue weighted by Gasteiger charge is 2.21. The average molecular weight is 427 g/mol. The van der Waals surface area contributed by atoms with E-state index >= 15 is 0 Å². The first kappa shape index (κ1) is 19.0. The Hall–Kier alpha value is -3.97. The highest BCUT2D eigenvalue weighted by atomic mass is 32.1. The van der Waals surface area contributed by atoms with Gasteiger partial charge in [-0.05, 0) is 29.6 Å². The minimum Gasteiger partial charge on any atom is -0.465 e. The van der Waals surface area contributed by atoms with Crippen LogP contribution in [0.15, 0.2) is 78.4 Å². The molecule has 0 saturated carbocycles. The van der Waals surface area contributed by atoms with Crippen molar-refractivity contribution in [3.05, 3.63) is 88.9 Å². The van der Waals surface area contributed by atoms with E-state index in [4.69, 9.17) is 4.74 Å². The molecule has 5 rings (SSSR count). The number of amides is 1. The first-order valence-corrected chi connectivity index (χ1v) is 10.5. The normalized spacial score (nSPS) is 11.0. The summed E-state index contributed by atoms with van der Waals surface area (Å²) in [5, 5.41) is 6.57. The van der Waals surface area contributed by atoms with Crippen molar-refractivity contribution >= 4 is 50.7 Å². The van der Waals surface area contributed by atoms with E-state index < -0.39 is 5.97 Å². The van der Waals surface area contributed by atoms with Crippen molar-refractivity contribution in [3.63, 3.8) is 0 Å². The number of pyridine rings is 1. The molecule has 5 aromatic rings. The molecule has 0 spiro atoms. The maximum absolute atomic E-state index is 13.2. The van der Waals surface area contributed by atoms with E-state index in [0.717, 1.165) is 21.8 Å². The summed E-state index contributed by atoms with van der Waals surface area (Å²) in [5.41, 5.74) is 3.35. The Bertz CT molecular complexity index is 1450. The molecule has 1 N–H and O–H groups in total. The molecule has 0 atom stereocenters. The number of carbonyl (C=O) groups excluding carboxylic acids is 2. The fraction of sp³-hybridized carbons (Fsp3) is 0.0417. The number of nitrogens with one attached hydrogen (secondary N) is 1. The van der Waals surface area contributed by atoms with Crippen molar-refractivity contribution in [3.8, 4) is 5.69 Å². The van der Waals surface area contributed by atoms with E-state index in [-0.39, 0.29) is 5.91 Å². The fourth-order valence-corrected chi connectivity index (χ4v) is 4.48. The van der Waals surface area contributed by atoms with Gasteiger partial charge in [0.1, 0.15) is 4.88 Å². The maximum Gasteiger partial charge on any atom is 0.340 e. The lowest BCUT2D eigenvalue weighted by Crippen LogP contribution is -2.13. The predicted octanol–water partition coefficient (Wildman–Crippen LogP) is 5.28. The number of methoxy groups -OCH3 is 1. The molecule has 1 amide bonds. The summed E-state index contributed by atoms with van der Waals surface area (Å²) < 4.78 is 6.79. The van der Waals surface area contributed by atoms with Crippen molar-refractivity contribution < 1.29 is 14.3 Å². The Morgan fingerprint density at radius 2 is 1.87 bits per heavy atom. The van der Waals surface area contributed by atoms with Crippen molar-refractivity contribution in [1.29, 1.82) is 0 Å². The minimum absolute atomic E-state index is 0.236. The molecule has 3 aromatic heterocycles.